The van der Waals surface area contributed by atoms with Gasteiger partial charge in [-0.05, 0) is 31.0 Å². The molecule has 0 aliphatic carbocycles. The Morgan fingerprint density at radius 2 is 1.32 bits per heavy atom. The highest BCUT2D eigenvalue weighted by molar-refractivity contribution is 5.95. The van der Waals surface area contributed by atoms with Crippen molar-refractivity contribution in [2.45, 2.75) is 62.9 Å². The van der Waals surface area contributed by atoms with Crippen LogP contribution in [0.25, 0.3) is 0 Å². The van der Waals surface area contributed by atoms with Crippen LogP contribution in [0.3, 0.4) is 0 Å². The van der Waals surface area contributed by atoms with Gasteiger partial charge in [0.25, 0.3) is 0 Å². The van der Waals surface area contributed by atoms with Gasteiger partial charge in [0.2, 0.25) is 17.7 Å². The number of amides is 3. The van der Waals surface area contributed by atoms with Gasteiger partial charge in [-0.3, -0.25) is 24.0 Å². The van der Waals surface area contributed by atoms with Crippen molar-refractivity contribution in [1.29, 1.82) is 0 Å². The molecule has 10 N–H and O–H groups in total. The Labute approximate surface area is 210 Å². The number of phenolic OH excluding ortho intramolecular Hbond substituents is 1. The summed E-state index contributed by atoms with van der Waals surface area (Å²) in [5, 5.41) is 52.6. The average Bonchev–Trinajstić information content (AvgIpc) is 2.80. The lowest BCUT2D eigenvalue weighted by atomic mass is 10.0. The van der Waals surface area contributed by atoms with Crippen molar-refractivity contribution in [3.8, 4) is 5.75 Å². The molecule has 5 unspecified atom stereocenters. The van der Waals surface area contributed by atoms with E-state index in [1.807, 2.05) is 5.32 Å². The number of carbonyl (C=O) groups is 6. The lowest BCUT2D eigenvalue weighted by molar-refractivity contribution is -0.147. The first-order valence-corrected chi connectivity index (χ1v) is 11.0. The molecule has 5 atom stereocenters. The van der Waals surface area contributed by atoms with Crippen molar-refractivity contribution >= 4 is 35.6 Å². The lowest BCUT2D eigenvalue weighted by Gasteiger charge is -2.25. The number of rotatable bonds is 15. The SMILES string of the molecule is CC(O)C(N)C(=O)NC(Cc1ccc(O)cc1)C(=O)NC(CCC(=O)O)C(=O)NC(CC(=O)O)C(=O)O. The van der Waals surface area contributed by atoms with E-state index < -0.39 is 85.2 Å². The molecule has 3 amide bonds. The minimum absolute atomic E-state index is 0.0651. The maximum Gasteiger partial charge on any atom is 0.326 e. The zero-order chi connectivity index (χ0) is 28.3. The number of benzene rings is 1. The summed E-state index contributed by atoms with van der Waals surface area (Å²) < 4.78 is 0. The molecule has 0 aromatic heterocycles. The zero-order valence-corrected chi connectivity index (χ0v) is 19.8. The summed E-state index contributed by atoms with van der Waals surface area (Å²) in [5.74, 6) is -7.62. The first kappa shape index (κ1) is 30.8. The first-order valence-electron chi connectivity index (χ1n) is 11.0. The quantitative estimate of drug-likeness (QED) is 0.115. The van der Waals surface area contributed by atoms with Crippen LogP contribution in [0.5, 0.6) is 5.75 Å². The van der Waals surface area contributed by atoms with Crippen LogP contribution in [0.1, 0.15) is 31.7 Å². The number of aliphatic hydroxyl groups is 1. The zero-order valence-electron chi connectivity index (χ0n) is 19.8. The van der Waals surface area contributed by atoms with Gasteiger partial charge >= 0.3 is 17.9 Å². The normalized spacial score (nSPS) is 14.8. The van der Waals surface area contributed by atoms with Crippen molar-refractivity contribution in [2.24, 2.45) is 5.73 Å². The molecule has 0 aliphatic heterocycles. The number of phenols is 1. The number of carboxylic acids is 3. The second-order valence-electron chi connectivity index (χ2n) is 8.19. The molecule has 0 saturated carbocycles. The van der Waals surface area contributed by atoms with Crippen LogP contribution in [0.4, 0.5) is 0 Å². The van der Waals surface area contributed by atoms with E-state index in [4.69, 9.17) is 21.1 Å². The fourth-order valence-corrected chi connectivity index (χ4v) is 3.02. The van der Waals surface area contributed by atoms with Crippen LogP contribution in [0, 0.1) is 0 Å². The topological polar surface area (TPSA) is 266 Å². The molecule has 0 radical (unpaired) electrons. The maximum atomic E-state index is 13.1. The van der Waals surface area contributed by atoms with Gasteiger partial charge in [-0.2, -0.15) is 0 Å². The van der Waals surface area contributed by atoms with Gasteiger partial charge in [-0.25, -0.2) is 4.79 Å². The van der Waals surface area contributed by atoms with Gasteiger partial charge in [0.15, 0.2) is 0 Å². The first-order chi connectivity index (χ1) is 17.2. The molecule has 1 aromatic rings. The van der Waals surface area contributed by atoms with Gasteiger partial charge in [0.1, 0.15) is 29.9 Å². The van der Waals surface area contributed by atoms with E-state index in [1.165, 1.54) is 31.2 Å². The molecule has 15 nitrogen and oxygen atoms in total. The number of carbonyl (C=O) groups excluding carboxylic acids is 3. The predicted octanol–water partition coefficient (Wildman–Crippen LogP) is -2.48. The van der Waals surface area contributed by atoms with Crippen molar-refractivity contribution in [3.05, 3.63) is 29.8 Å². The van der Waals surface area contributed by atoms with Gasteiger partial charge in [-0.1, -0.05) is 12.1 Å². The monoisotopic (exact) mass is 526 g/mol. The van der Waals surface area contributed by atoms with E-state index >= 15 is 0 Å². The average molecular weight is 526 g/mol. The molecule has 37 heavy (non-hydrogen) atoms. The Hall–Kier alpha value is -4.24. The Morgan fingerprint density at radius 3 is 1.81 bits per heavy atom. The number of carboxylic acid groups (broad SMARTS) is 3. The van der Waals surface area contributed by atoms with Crippen LogP contribution in [0.15, 0.2) is 24.3 Å². The van der Waals surface area contributed by atoms with Gasteiger partial charge < -0.3 is 47.2 Å². The summed E-state index contributed by atoms with van der Waals surface area (Å²) in [5.41, 5.74) is 6.08. The van der Waals surface area contributed by atoms with E-state index in [-0.39, 0.29) is 12.2 Å². The van der Waals surface area contributed by atoms with Gasteiger partial charge in [-0.15, -0.1) is 0 Å². The maximum absolute atomic E-state index is 13.1. The van der Waals surface area contributed by atoms with E-state index in [1.54, 1.807) is 0 Å². The molecule has 15 heteroatoms. The minimum atomic E-state index is -1.86. The van der Waals surface area contributed by atoms with Crippen LogP contribution >= 0.6 is 0 Å². The number of aliphatic hydroxyl groups excluding tert-OH is 1. The third-order valence-electron chi connectivity index (χ3n) is 5.10. The van der Waals surface area contributed by atoms with Crippen LogP contribution in [-0.2, 0) is 35.2 Å². The number of aliphatic carboxylic acids is 3. The molecule has 0 spiro atoms. The summed E-state index contributed by atoms with van der Waals surface area (Å²) in [6.45, 7) is 1.25. The number of hydrogen-bond donors (Lipinski definition) is 9. The highest BCUT2D eigenvalue weighted by Crippen LogP contribution is 2.12. The second-order valence-corrected chi connectivity index (χ2v) is 8.19. The third kappa shape index (κ3) is 10.9. The Kier molecular flexibility index (Phi) is 11.9. The molecule has 0 aliphatic rings. The smallest absolute Gasteiger partial charge is 0.326 e. The summed E-state index contributed by atoms with van der Waals surface area (Å²) in [7, 11) is 0. The third-order valence-corrected chi connectivity index (χ3v) is 5.10. The van der Waals surface area contributed by atoms with Crippen molar-refractivity contribution in [1.82, 2.24) is 16.0 Å². The summed E-state index contributed by atoms with van der Waals surface area (Å²) >= 11 is 0. The van der Waals surface area contributed by atoms with Crippen molar-refractivity contribution in [3.63, 3.8) is 0 Å². The minimum Gasteiger partial charge on any atom is -0.508 e. The molecule has 1 rings (SSSR count). The van der Waals surface area contributed by atoms with Gasteiger partial charge in [0.05, 0.1) is 12.5 Å². The van der Waals surface area contributed by atoms with E-state index in [2.05, 4.69) is 10.6 Å². The molecule has 0 bridgehead atoms. The second kappa shape index (κ2) is 14.4. The standard InChI is InChI=1S/C22H30N4O11/c1-10(27)18(23)21(35)25-14(8-11-2-4-12(28)5-3-11)20(34)24-13(6-7-16(29)30)19(33)26-15(22(36)37)9-17(31)32/h2-5,10,13-15,18,27-28H,6-9,23H2,1H3,(H,24,34)(H,25,35)(H,26,33)(H,29,30)(H,31,32)(H,36,37). The Morgan fingerprint density at radius 1 is 0.811 bits per heavy atom. The van der Waals surface area contributed by atoms with Crippen LogP contribution in [0.2, 0.25) is 0 Å². The summed E-state index contributed by atoms with van der Waals surface area (Å²) in [6.07, 6.45) is -3.52. The van der Waals surface area contributed by atoms with Crippen molar-refractivity contribution in [2.75, 3.05) is 0 Å². The van der Waals surface area contributed by atoms with Crippen molar-refractivity contribution < 1.29 is 54.3 Å². The fourth-order valence-electron chi connectivity index (χ4n) is 3.02. The molecular formula is C22H30N4O11. The van der Waals surface area contributed by atoms with E-state index in [0.29, 0.717) is 5.56 Å². The largest absolute Gasteiger partial charge is 0.508 e. The molecule has 0 fully saturated rings. The molecule has 1 aromatic carbocycles. The fraction of sp³-hybridized carbons (Fsp3) is 0.455. The molecule has 0 saturated heterocycles. The molecule has 204 valence electrons. The van der Waals surface area contributed by atoms with Gasteiger partial charge in [0, 0.05) is 12.8 Å². The highest BCUT2D eigenvalue weighted by Gasteiger charge is 2.32. The molecule has 0 heterocycles. The highest BCUT2D eigenvalue weighted by atomic mass is 16.4. The molecular weight excluding hydrogens is 496 g/mol. The summed E-state index contributed by atoms with van der Waals surface area (Å²) in [6, 6.07) is -0.710. The number of nitrogens with two attached hydrogens (primary N) is 1. The Balaban J connectivity index is 3.18. The summed E-state index contributed by atoms with van der Waals surface area (Å²) in [4.78, 5) is 71.4. The van der Waals surface area contributed by atoms with E-state index in [9.17, 15) is 39.0 Å². The van der Waals surface area contributed by atoms with Crippen LogP contribution in [-0.4, -0.2) is 91.4 Å². The predicted molar refractivity (Wildman–Crippen MR) is 124 cm³/mol. The number of hydrogen-bond acceptors (Lipinski definition) is 9. The Bertz CT molecular complexity index is 997. The van der Waals surface area contributed by atoms with E-state index in [0.717, 1.165) is 0 Å². The number of nitrogens with one attached hydrogen (secondary N) is 3. The van der Waals surface area contributed by atoms with Crippen LogP contribution < -0.4 is 21.7 Å². The number of aromatic hydroxyl groups is 1. The lowest BCUT2D eigenvalue weighted by Crippen LogP contribution is -2.58.